The first kappa shape index (κ1) is 12.3. The fourth-order valence-electron chi connectivity index (χ4n) is 1.96. The van der Waals surface area contributed by atoms with E-state index in [-0.39, 0.29) is 0 Å². The zero-order valence-corrected chi connectivity index (χ0v) is 10.5. The van der Waals surface area contributed by atoms with E-state index >= 15 is 0 Å². The smallest absolute Gasteiger partial charge is 0.0238 e. The van der Waals surface area contributed by atoms with Gasteiger partial charge < -0.3 is 5.32 Å². The van der Waals surface area contributed by atoms with Crippen LogP contribution in [0.25, 0.3) is 0 Å². The summed E-state index contributed by atoms with van der Waals surface area (Å²) in [5.41, 5.74) is 0.332. The molecule has 0 spiro atoms. The second-order valence-corrected chi connectivity index (χ2v) is 5.98. The molecule has 2 heteroatoms. The lowest BCUT2D eigenvalue weighted by Crippen LogP contribution is -2.43. The Morgan fingerprint density at radius 3 is 2.36 bits per heavy atom. The molecule has 1 aliphatic rings. The van der Waals surface area contributed by atoms with Gasteiger partial charge in [0.2, 0.25) is 0 Å². The van der Waals surface area contributed by atoms with Crippen LogP contribution in [0.5, 0.6) is 0 Å². The lowest BCUT2D eigenvalue weighted by atomic mass is 9.82. The molecule has 0 saturated heterocycles. The van der Waals surface area contributed by atoms with Crippen molar-refractivity contribution in [2.45, 2.75) is 52.5 Å². The summed E-state index contributed by atoms with van der Waals surface area (Å²) in [4.78, 5) is 0. The molecule has 0 aromatic rings. The molecule has 1 saturated carbocycles. The van der Waals surface area contributed by atoms with Gasteiger partial charge >= 0.3 is 0 Å². The van der Waals surface area contributed by atoms with Crippen LogP contribution < -0.4 is 5.32 Å². The molecular formula is C12H24ClN. The van der Waals surface area contributed by atoms with Crippen molar-refractivity contribution in [1.29, 1.82) is 0 Å². The van der Waals surface area contributed by atoms with Crippen molar-refractivity contribution in [2.24, 2.45) is 11.3 Å². The second kappa shape index (κ2) is 5.37. The van der Waals surface area contributed by atoms with Gasteiger partial charge in [0, 0.05) is 11.9 Å². The Morgan fingerprint density at radius 2 is 2.00 bits per heavy atom. The Bertz CT molecular complexity index is 158. The molecule has 84 valence electrons. The van der Waals surface area contributed by atoms with Crippen molar-refractivity contribution in [3.05, 3.63) is 0 Å². The lowest BCUT2D eigenvalue weighted by Gasteiger charge is -2.34. The Kier molecular flexibility index (Phi) is 4.72. The summed E-state index contributed by atoms with van der Waals surface area (Å²) in [6.07, 6.45) is 5.36. The summed E-state index contributed by atoms with van der Waals surface area (Å²) in [7, 11) is 0. The van der Waals surface area contributed by atoms with E-state index < -0.39 is 0 Å². The Hall–Kier alpha value is 0.250. The Balaban J connectivity index is 2.26. The third-order valence-electron chi connectivity index (χ3n) is 3.32. The first-order chi connectivity index (χ1) is 6.54. The molecule has 0 aliphatic heterocycles. The molecule has 1 fully saturated rings. The largest absolute Gasteiger partial charge is 0.313 e. The molecule has 1 aliphatic carbocycles. The Labute approximate surface area is 93.6 Å². The van der Waals surface area contributed by atoms with Crippen molar-refractivity contribution in [3.63, 3.8) is 0 Å². The van der Waals surface area contributed by atoms with Gasteiger partial charge in [0.25, 0.3) is 0 Å². The van der Waals surface area contributed by atoms with E-state index in [2.05, 4.69) is 26.1 Å². The number of halogens is 1. The first-order valence-corrected chi connectivity index (χ1v) is 6.37. The highest BCUT2D eigenvalue weighted by Crippen LogP contribution is 2.27. The van der Waals surface area contributed by atoms with E-state index in [9.17, 15) is 0 Å². The van der Waals surface area contributed by atoms with Crippen LogP contribution in [-0.2, 0) is 0 Å². The zero-order chi connectivity index (χ0) is 10.6. The van der Waals surface area contributed by atoms with Crippen LogP contribution in [0.15, 0.2) is 0 Å². The number of hydrogen-bond acceptors (Lipinski definition) is 1. The third-order valence-corrected chi connectivity index (χ3v) is 3.54. The maximum Gasteiger partial charge on any atom is 0.0238 e. The highest BCUT2D eigenvalue weighted by Gasteiger charge is 2.25. The predicted molar refractivity (Wildman–Crippen MR) is 63.9 cm³/mol. The molecule has 1 rings (SSSR count). The monoisotopic (exact) mass is 217 g/mol. The molecule has 0 heterocycles. The predicted octanol–water partition coefficient (Wildman–Crippen LogP) is 3.42. The summed E-state index contributed by atoms with van der Waals surface area (Å²) in [6.45, 7) is 8.06. The molecule has 0 aromatic carbocycles. The molecule has 1 nitrogen and oxygen atoms in total. The quantitative estimate of drug-likeness (QED) is 0.696. The van der Waals surface area contributed by atoms with Gasteiger partial charge in [-0.25, -0.2) is 0 Å². The van der Waals surface area contributed by atoms with Crippen LogP contribution >= 0.6 is 11.6 Å². The average molecular weight is 218 g/mol. The van der Waals surface area contributed by atoms with Crippen LogP contribution in [0.2, 0.25) is 0 Å². The van der Waals surface area contributed by atoms with E-state index in [1.54, 1.807) is 0 Å². The van der Waals surface area contributed by atoms with Crippen molar-refractivity contribution in [3.8, 4) is 0 Å². The van der Waals surface area contributed by atoms with Crippen molar-refractivity contribution in [1.82, 2.24) is 5.32 Å². The molecule has 14 heavy (non-hydrogen) atoms. The fourth-order valence-corrected chi connectivity index (χ4v) is 2.17. The van der Waals surface area contributed by atoms with Gasteiger partial charge in [-0.3, -0.25) is 0 Å². The van der Waals surface area contributed by atoms with Gasteiger partial charge in [0.05, 0.1) is 0 Å². The number of rotatable bonds is 5. The molecule has 1 unspecified atom stereocenters. The van der Waals surface area contributed by atoms with Gasteiger partial charge in [-0.1, -0.05) is 27.2 Å². The molecule has 0 aromatic heterocycles. The van der Waals surface area contributed by atoms with Gasteiger partial charge in [0.1, 0.15) is 0 Å². The van der Waals surface area contributed by atoms with E-state index in [0.29, 0.717) is 11.5 Å². The fraction of sp³-hybridized carbons (Fsp3) is 1.00. The number of hydrogen-bond donors (Lipinski definition) is 1. The Morgan fingerprint density at radius 1 is 1.36 bits per heavy atom. The maximum atomic E-state index is 5.83. The van der Waals surface area contributed by atoms with Crippen LogP contribution in [0.1, 0.15) is 46.5 Å². The summed E-state index contributed by atoms with van der Waals surface area (Å²) in [6, 6.07) is 0.570. The maximum absolute atomic E-state index is 5.83. The summed E-state index contributed by atoms with van der Waals surface area (Å²) in [5.74, 6) is 1.70. The van der Waals surface area contributed by atoms with Crippen LogP contribution in [0, 0.1) is 11.3 Å². The minimum absolute atomic E-state index is 0.332. The SMILES string of the molecule is CC(C)(C)C(CCCl)NCC1CCC1. The minimum atomic E-state index is 0.332. The van der Waals surface area contributed by atoms with Gasteiger partial charge in [-0.05, 0) is 37.1 Å². The zero-order valence-electron chi connectivity index (χ0n) is 9.78. The molecule has 0 amide bonds. The second-order valence-electron chi connectivity index (χ2n) is 5.60. The summed E-state index contributed by atoms with van der Waals surface area (Å²) in [5, 5.41) is 3.68. The lowest BCUT2D eigenvalue weighted by molar-refractivity contribution is 0.222. The minimum Gasteiger partial charge on any atom is -0.313 e. The summed E-state index contributed by atoms with van der Waals surface area (Å²) < 4.78 is 0. The van der Waals surface area contributed by atoms with Crippen LogP contribution in [-0.4, -0.2) is 18.5 Å². The van der Waals surface area contributed by atoms with Gasteiger partial charge in [-0.2, -0.15) is 0 Å². The number of nitrogens with one attached hydrogen (secondary N) is 1. The standard InChI is InChI=1S/C12H24ClN/c1-12(2,3)11(7-8-13)14-9-10-5-4-6-10/h10-11,14H,4-9H2,1-3H3. The van der Waals surface area contributed by atoms with Crippen LogP contribution in [0.4, 0.5) is 0 Å². The molecule has 0 radical (unpaired) electrons. The first-order valence-electron chi connectivity index (χ1n) is 5.83. The van der Waals surface area contributed by atoms with Crippen molar-refractivity contribution in [2.75, 3.05) is 12.4 Å². The van der Waals surface area contributed by atoms with Gasteiger partial charge in [-0.15, -0.1) is 11.6 Å². The average Bonchev–Trinajstić information content (AvgIpc) is 1.98. The van der Waals surface area contributed by atoms with E-state index in [1.807, 2.05) is 0 Å². The summed E-state index contributed by atoms with van der Waals surface area (Å²) >= 11 is 5.83. The third kappa shape index (κ3) is 3.78. The highest BCUT2D eigenvalue weighted by atomic mass is 35.5. The molecule has 0 bridgehead atoms. The van der Waals surface area contributed by atoms with Gasteiger partial charge in [0.15, 0.2) is 0 Å². The van der Waals surface area contributed by atoms with Crippen LogP contribution in [0.3, 0.4) is 0 Å². The highest BCUT2D eigenvalue weighted by molar-refractivity contribution is 6.17. The van der Waals surface area contributed by atoms with E-state index in [1.165, 1.54) is 25.8 Å². The molecule has 1 N–H and O–H groups in total. The normalized spacial score (nSPS) is 20.6. The topological polar surface area (TPSA) is 12.0 Å². The van der Waals surface area contributed by atoms with E-state index in [4.69, 9.17) is 11.6 Å². The van der Waals surface area contributed by atoms with Crippen molar-refractivity contribution < 1.29 is 0 Å². The molecule has 1 atom stereocenters. The number of alkyl halides is 1. The van der Waals surface area contributed by atoms with Crippen molar-refractivity contribution >= 4 is 11.6 Å². The molecular weight excluding hydrogens is 194 g/mol. The van der Waals surface area contributed by atoms with E-state index in [0.717, 1.165) is 18.2 Å².